The Balaban J connectivity index is 2.09. The number of carbonyl (C=O) groups is 1. The Kier molecular flexibility index (Phi) is 8.60. The molecule has 1 aromatic heterocycles. The van der Waals surface area contributed by atoms with Crippen LogP contribution in [0.3, 0.4) is 0 Å². The lowest BCUT2D eigenvalue weighted by Gasteiger charge is -2.18. The number of ether oxygens (including phenoxy) is 3. The highest BCUT2D eigenvalue weighted by Crippen LogP contribution is 2.31. The third kappa shape index (κ3) is 7.30. The van der Waals surface area contributed by atoms with Crippen LogP contribution in [0.1, 0.15) is 26.3 Å². The zero-order chi connectivity index (χ0) is 27.4. The second kappa shape index (κ2) is 11.3. The normalized spacial score (nSPS) is 12.9. The fourth-order valence-electron chi connectivity index (χ4n) is 3.27. The molecule has 0 aliphatic heterocycles. The molecule has 1 heterocycles. The second-order valence-corrected chi connectivity index (χ2v) is 11.6. The number of aromatic nitrogens is 2. The van der Waals surface area contributed by atoms with Crippen LogP contribution < -0.4 is 14.8 Å². The Morgan fingerprint density at radius 3 is 2.49 bits per heavy atom. The monoisotopic (exact) mass is 550 g/mol. The summed E-state index contributed by atoms with van der Waals surface area (Å²) in [4.78, 5) is 12.3. The molecular formula is C25H28ClFN4O5S. The highest BCUT2D eigenvalue weighted by atomic mass is 35.5. The van der Waals surface area contributed by atoms with Crippen LogP contribution >= 0.6 is 11.6 Å². The predicted molar refractivity (Wildman–Crippen MR) is 140 cm³/mol. The van der Waals surface area contributed by atoms with Gasteiger partial charge < -0.3 is 19.5 Å². The first-order valence-corrected chi connectivity index (χ1v) is 13.4. The molecule has 0 saturated heterocycles. The van der Waals surface area contributed by atoms with Crippen molar-refractivity contribution in [2.24, 2.45) is 4.36 Å². The first-order chi connectivity index (χ1) is 17.3. The molecule has 12 heteroatoms. The minimum atomic E-state index is -3.42. The molecule has 2 aromatic carbocycles. The van der Waals surface area contributed by atoms with Crippen molar-refractivity contribution in [3.63, 3.8) is 0 Å². The number of halogens is 2. The molecule has 0 aliphatic rings. The molecule has 3 rings (SSSR count). The summed E-state index contributed by atoms with van der Waals surface area (Å²) < 4.78 is 47.7. The zero-order valence-corrected chi connectivity index (χ0v) is 22.9. The van der Waals surface area contributed by atoms with E-state index < -0.39 is 27.2 Å². The van der Waals surface area contributed by atoms with E-state index in [1.807, 2.05) is 0 Å². The van der Waals surface area contributed by atoms with Gasteiger partial charge in [-0.2, -0.15) is 0 Å². The largest absolute Gasteiger partial charge is 0.497 e. The second-order valence-electron chi connectivity index (χ2n) is 8.98. The summed E-state index contributed by atoms with van der Waals surface area (Å²) in [6.07, 6.45) is 0.245. The fraction of sp³-hybridized carbons (Fsp3) is 0.320. The molecule has 9 nitrogen and oxygen atoms in total. The number of anilines is 1. The summed E-state index contributed by atoms with van der Waals surface area (Å²) in [7, 11) is -0.347. The highest BCUT2D eigenvalue weighted by Gasteiger charge is 2.23. The van der Waals surface area contributed by atoms with Crippen LogP contribution in [0.25, 0.3) is 11.3 Å². The van der Waals surface area contributed by atoms with Crippen LogP contribution in [-0.4, -0.2) is 46.6 Å². The van der Waals surface area contributed by atoms with Gasteiger partial charge in [-0.15, -0.1) is 14.6 Å². The van der Waals surface area contributed by atoms with Gasteiger partial charge in [-0.1, -0.05) is 11.6 Å². The lowest BCUT2D eigenvalue weighted by molar-refractivity contribution is 0.0607. The van der Waals surface area contributed by atoms with Crippen molar-refractivity contribution in [3.8, 4) is 22.8 Å². The van der Waals surface area contributed by atoms with Gasteiger partial charge in [0, 0.05) is 35.0 Å². The summed E-state index contributed by atoms with van der Waals surface area (Å²) in [5.41, 5.74) is 0.376. The minimum absolute atomic E-state index is 0.1000. The van der Waals surface area contributed by atoms with Gasteiger partial charge in [-0.05, 0) is 57.2 Å². The molecule has 0 radical (unpaired) electrons. The van der Waals surface area contributed by atoms with E-state index >= 15 is 0 Å². The topological polar surface area (TPSA) is 112 Å². The van der Waals surface area contributed by atoms with Crippen molar-refractivity contribution in [1.82, 2.24) is 10.2 Å². The van der Waals surface area contributed by atoms with E-state index in [1.165, 1.54) is 37.6 Å². The number of rotatable bonds is 7. The van der Waals surface area contributed by atoms with Gasteiger partial charge in [0.15, 0.2) is 5.03 Å². The fourth-order valence-corrected chi connectivity index (χ4v) is 4.58. The molecule has 0 aliphatic carbocycles. The predicted octanol–water partition coefficient (Wildman–Crippen LogP) is 5.96. The number of nitrogens with one attached hydrogen (secondary N) is 1. The first kappa shape index (κ1) is 28.1. The smallest absolute Gasteiger partial charge is 0.442 e. The number of hydrogen-bond acceptors (Lipinski definition) is 8. The van der Waals surface area contributed by atoms with Crippen LogP contribution in [0.5, 0.6) is 11.5 Å². The third-order valence-corrected chi connectivity index (χ3v) is 6.68. The maximum Gasteiger partial charge on any atom is 0.442 e. The molecule has 0 fully saturated rings. The molecule has 1 unspecified atom stereocenters. The van der Waals surface area contributed by atoms with Crippen molar-refractivity contribution in [3.05, 3.63) is 58.9 Å². The molecule has 3 aromatic rings. The summed E-state index contributed by atoms with van der Waals surface area (Å²) in [5, 5.41) is 11.5. The Labute approximate surface area is 220 Å². The molecule has 0 bridgehead atoms. The van der Waals surface area contributed by atoms with E-state index in [2.05, 4.69) is 19.9 Å². The Bertz CT molecular complexity index is 1440. The number of amides is 1. The van der Waals surface area contributed by atoms with Gasteiger partial charge in [0.05, 0.1) is 25.6 Å². The van der Waals surface area contributed by atoms with Gasteiger partial charge in [0.2, 0.25) is 0 Å². The van der Waals surface area contributed by atoms with Crippen molar-refractivity contribution < 1.29 is 27.6 Å². The lowest BCUT2D eigenvalue weighted by atomic mass is 10.1. The van der Waals surface area contributed by atoms with Crippen molar-refractivity contribution >= 4 is 33.1 Å². The number of nitrogens with zero attached hydrogens (tertiary/aromatic N) is 3. The van der Waals surface area contributed by atoms with E-state index in [1.54, 1.807) is 46.1 Å². The Hall–Kier alpha value is -3.44. The Morgan fingerprint density at radius 1 is 1.11 bits per heavy atom. The van der Waals surface area contributed by atoms with Crippen LogP contribution in [-0.2, 0) is 21.0 Å². The summed E-state index contributed by atoms with van der Waals surface area (Å²) in [6.45, 7) is 5.20. The van der Waals surface area contributed by atoms with E-state index in [0.29, 0.717) is 16.5 Å². The number of benzene rings is 2. The maximum atomic E-state index is 14.6. The van der Waals surface area contributed by atoms with Crippen molar-refractivity contribution in [1.29, 1.82) is 0 Å². The van der Waals surface area contributed by atoms with E-state index in [9.17, 15) is 13.4 Å². The van der Waals surface area contributed by atoms with E-state index in [0.717, 1.165) is 5.56 Å². The molecule has 1 atom stereocenters. The van der Waals surface area contributed by atoms with Crippen molar-refractivity contribution in [2.45, 2.75) is 37.9 Å². The quantitative estimate of drug-likeness (QED) is 0.383. The summed E-state index contributed by atoms with van der Waals surface area (Å²) >= 11 is 6.05. The van der Waals surface area contributed by atoms with Gasteiger partial charge in [0.1, 0.15) is 32.6 Å². The molecule has 37 heavy (non-hydrogen) atoms. The highest BCUT2D eigenvalue weighted by molar-refractivity contribution is 7.93. The Morgan fingerprint density at radius 2 is 1.84 bits per heavy atom. The lowest BCUT2D eigenvalue weighted by Crippen LogP contribution is -2.23. The zero-order valence-electron chi connectivity index (χ0n) is 21.3. The van der Waals surface area contributed by atoms with Crippen LogP contribution in [0.2, 0.25) is 5.02 Å². The third-order valence-electron chi connectivity index (χ3n) is 4.93. The molecule has 1 amide bonds. The number of hydrogen-bond donors (Lipinski definition) is 1. The summed E-state index contributed by atoms with van der Waals surface area (Å²) in [5.74, 6) is 0.593. The van der Waals surface area contributed by atoms with Gasteiger partial charge in [-0.25, -0.2) is 13.4 Å². The molecular weight excluding hydrogens is 523 g/mol. The van der Waals surface area contributed by atoms with E-state index in [-0.39, 0.29) is 28.5 Å². The SMILES string of the molecule is COc1ccc(CNc2cc(-c3cc(Cl)ccc3F)nnc2S(C)(=O)=NC(=O)OC(C)(C)C)c(OC)c1. The molecule has 198 valence electrons. The minimum Gasteiger partial charge on any atom is -0.497 e. The maximum absolute atomic E-state index is 14.6. The standard InChI is InChI=1S/C25H28ClFN4O5S/c1-25(2,3)36-24(32)31-37(6,33)23-21(28-14-15-7-9-17(34-4)12-22(15)35-5)13-20(29-30-23)18-11-16(26)8-10-19(18)27/h7-13H,14H2,1-6H3,(H,28,29). The van der Waals surface area contributed by atoms with Gasteiger partial charge >= 0.3 is 6.09 Å². The van der Waals surface area contributed by atoms with Crippen LogP contribution in [0, 0.1) is 5.82 Å². The van der Waals surface area contributed by atoms with Crippen molar-refractivity contribution in [2.75, 3.05) is 25.8 Å². The van der Waals surface area contributed by atoms with Crippen LogP contribution in [0.15, 0.2) is 51.9 Å². The van der Waals surface area contributed by atoms with Gasteiger partial charge in [-0.3, -0.25) is 0 Å². The van der Waals surface area contributed by atoms with Gasteiger partial charge in [0.25, 0.3) is 0 Å². The molecule has 0 spiro atoms. The first-order valence-electron chi connectivity index (χ1n) is 11.1. The van der Waals surface area contributed by atoms with E-state index in [4.69, 9.17) is 25.8 Å². The van der Waals surface area contributed by atoms with Crippen LogP contribution in [0.4, 0.5) is 14.9 Å². The number of methoxy groups -OCH3 is 2. The average molecular weight is 551 g/mol. The molecule has 0 saturated carbocycles. The molecule has 1 N–H and O–H groups in total. The summed E-state index contributed by atoms with van der Waals surface area (Å²) in [6, 6.07) is 10.8. The number of carbonyl (C=O) groups excluding carboxylic acids is 1. The average Bonchev–Trinajstić information content (AvgIpc) is 2.82.